The van der Waals surface area contributed by atoms with Gasteiger partial charge in [0, 0.05) is 31.0 Å². The minimum Gasteiger partial charge on any atom is -0.487 e. The zero-order valence-electron chi connectivity index (χ0n) is 26.0. The molecule has 0 bridgehead atoms. The number of halogens is 4. The Kier molecular flexibility index (Phi) is 11.3. The second kappa shape index (κ2) is 15.6. The van der Waals surface area contributed by atoms with Gasteiger partial charge < -0.3 is 24.8 Å². The summed E-state index contributed by atoms with van der Waals surface area (Å²) in [4.78, 5) is 8.76. The molecule has 1 saturated carbocycles. The fraction of sp³-hybridized carbons (Fsp3) is 0.500. The molecule has 3 aromatic heterocycles. The van der Waals surface area contributed by atoms with Crippen LogP contribution in [0.1, 0.15) is 44.2 Å². The molecule has 2 N–H and O–H groups in total. The molecule has 4 aromatic rings. The average Bonchev–Trinajstić information content (AvgIpc) is 3.74. The standard InChI is InChI=1S/C30H34F3N11O3.ClH/c1-19(15-43-18-38-41-42-43)47-26-10-21(2-3-22(26)11-34)23-12-36-29(37-13-23)39-25-16-44(40-28(25)46-17-30(31,32)33)24-6-4-20(5-7-24)27-14-35-8-9-45-27;/h2-3,10,12-13,16,18-20,24,27,35H,4-9,14-15,17H2,1H3,(H,36,37,39);1H/t19?,20-,24-,27?;. The molecule has 14 nitrogen and oxygen atoms in total. The summed E-state index contributed by atoms with van der Waals surface area (Å²) in [6.07, 6.45) is 5.08. The Bertz CT molecular complexity index is 1650. The molecule has 0 amide bonds. The van der Waals surface area contributed by atoms with E-state index in [-0.39, 0.29) is 48.2 Å². The van der Waals surface area contributed by atoms with E-state index in [4.69, 9.17) is 14.2 Å². The number of anilines is 2. The first-order valence-electron chi connectivity index (χ1n) is 15.4. The van der Waals surface area contributed by atoms with E-state index in [1.807, 2.05) is 6.92 Å². The number of aromatic nitrogens is 8. The van der Waals surface area contributed by atoms with E-state index in [2.05, 4.69) is 47.3 Å². The molecule has 4 heterocycles. The number of hydrogen-bond acceptors (Lipinski definition) is 12. The van der Waals surface area contributed by atoms with Crippen LogP contribution < -0.4 is 20.1 Å². The van der Waals surface area contributed by atoms with Crippen molar-refractivity contribution in [1.82, 2.24) is 45.3 Å². The predicted octanol–water partition coefficient (Wildman–Crippen LogP) is 4.49. The quantitative estimate of drug-likeness (QED) is 0.227. The van der Waals surface area contributed by atoms with Gasteiger partial charge in [0.05, 0.1) is 37.1 Å². The maximum absolute atomic E-state index is 13.1. The SMILES string of the molecule is CC(Cn1cnnn1)Oc1cc(-c2cnc(Nc3cn([C@H]4CC[C@H](C5CNCCO5)CC4)nc3OCC(F)(F)F)nc2)ccc1C#N.Cl. The molecule has 6 rings (SSSR count). The molecule has 18 heteroatoms. The number of nitriles is 1. The fourth-order valence-corrected chi connectivity index (χ4v) is 5.87. The number of tetrazole rings is 1. The normalized spacial score (nSPS) is 20.3. The van der Waals surface area contributed by atoms with Crippen LogP contribution >= 0.6 is 12.4 Å². The van der Waals surface area contributed by atoms with Crippen LogP contribution in [0, 0.1) is 17.2 Å². The van der Waals surface area contributed by atoms with Crippen LogP contribution in [-0.4, -0.2) is 84.6 Å². The molecular weight excluding hydrogens is 655 g/mol. The summed E-state index contributed by atoms with van der Waals surface area (Å²) in [5, 5.41) is 31.4. The van der Waals surface area contributed by atoms with Crippen LogP contribution in [0.4, 0.5) is 24.8 Å². The van der Waals surface area contributed by atoms with Gasteiger partial charge in [-0.1, -0.05) is 6.07 Å². The number of rotatable bonds is 11. The highest BCUT2D eigenvalue weighted by Crippen LogP contribution is 2.37. The highest BCUT2D eigenvalue weighted by atomic mass is 35.5. The summed E-state index contributed by atoms with van der Waals surface area (Å²) in [6, 6.07) is 7.26. The lowest BCUT2D eigenvalue weighted by Gasteiger charge is -2.35. The van der Waals surface area contributed by atoms with Gasteiger partial charge in [-0.3, -0.25) is 4.68 Å². The largest absolute Gasteiger partial charge is 0.487 e. The third-order valence-electron chi connectivity index (χ3n) is 8.17. The van der Waals surface area contributed by atoms with Crippen molar-refractivity contribution in [3.63, 3.8) is 0 Å². The molecule has 1 aromatic carbocycles. The first-order valence-corrected chi connectivity index (χ1v) is 15.4. The van der Waals surface area contributed by atoms with Crippen LogP contribution in [0.3, 0.4) is 0 Å². The fourth-order valence-electron chi connectivity index (χ4n) is 5.87. The molecular formula is C30H35ClF3N11O3. The number of nitrogens with one attached hydrogen (secondary N) is 2. The number of benzene rings is 1. The number of nitrogens with zero attached hydrogens (tertiary/aromatic N) is 9. The smallest absolute Gasteiger partial charge is 0.422 e. The number of hydrogen-bond donors (Lipinski definition) is 2. The molecule has 0 radical (unpaired) electrons. The molecule has 2 atom stereocenters. The van der Waals surface area contributed by atoms with Crippen LogP contribution in [0.5, 0.6) is 11.6 Å². The van der Waals surface area contributed by atoms with Gasteiger partial charge in [0.2, 0.25) is 5.95 Å². The molecule has 48 heavy (non-hydrogen) atoms. The second-order valence-corrected chi connectivity index (χ2v) is 11.6. The zero-order valence-corrected chi connectivity index (χ0v) is 26.8. The zero-order chi connectivity index (χ0) is 32.8. The van der Waals surface area contributed by atoms with Crippen molar-refractivity contribution in [3.8, 4) is 28.8 Å². The summed E-state index contributed by atoms with van der Waals surface area (Å²) >= 11 is 0. The summed E-state index contributed by atoms with van der Waals surface area (Å²) in [5.41, 5.74) is 1.92. The maximum atomic E-state index is 13.1. The van der Waals surface area contributed by atoms with E-state index in [1.165, 1.54) is 11.0 Å². The van der Waals surface area contributed by atoms with Crippen molar-refractivity contribution in [2.24, 2.45) is 5.92 Å². The van der Waals surface area contributed by atoms with Gasteiger partial charge in [0.25, 0.3) is 5.88 Å². The predicted molar refractivity (Wildman–Crippen MR) is 168 cm³/mol. The molecule has 2 unspecified atom stereocenters. The van der Waals surface area contributed by atoms with Gasteiger partial charge in [-0.25, -0.2) is 14.6 Å². The van der Waals surface area contributed by atoms with Crippen molar-refractivity contribution < 1.29 is 27.4 Å². The van der Waals surface area contributed by atoms with Crippen LogP contribution in [-0.2, 0) is 11.3 Å². The van der Waals surface area contributed by atoms with Crippen LogP contribution in [0.25, 0.3) is 11.1 Å². The molecule has 1 aliphatic heterocycles. The topological polar surface area (TPSA) is 163 Å². The molecule has 2 aliphatic rings. The van der Waals surface area contributed by atoms with Crippen molar-refractivity contribution >= 4 is 24.0 Å². The van der Waals surface area contributed by atoms with Crippen LogP contribution in [0.15, 0.2) is 43.1 Å². The molecule has 2 fully saturated rings. The van der Waals surface area contributed by atoms with Crippen molar-refractivity contribution in [2.75, 3.05) is 31.6 Å². The highest BCUT2D eigenvalue weighted by molar-refractivity contribution is 5.85. The number of alkyl halides is 3. The Morgan fingerprint density at radius 3 is 2.62 bits per heavy atom. The highest BCUT2D eigenvalue weighted by Gasteiger charge is 2.32. The minimum absolute atomic E-state index is 0. The van der Waals surface area contributed by atoms with Gasteiger partial charge in [0.15, 0.2) is 6.61 Å². The Morgan fingerprint density at radius 2 is 1.96 bits per heavy atom. The van der Waals surface area contributed by atoms with Crippen LogP contribution in [0.2, 0.25) is 0 Å². The lowest BCUT2D eigenvalue weighted by molar-refractivity contribution is -0.154. The van der Waals surface area contributed by atoms with Gasteiger partial charge in [-0.15, -0.1) is 22.6 Å². The first-order chi connectivity index (χ1) is 22.7. The van der Waals surface area contributed by atoms with E-state index in [0.717, 1.165) is 38.8 Å². The first kappa shape index (κ1) is 34.8. The molecule has 256 valence electrons. The molecule has 1 aliphatic carbocycles. The van der Waals surface area contributed by atoms with E-state index in [0.29, 0.717) is 41.5 Å². The van der Waals surface area contributed by atoms with E-state index < -0.39 is 12.8 Å². The Labute approximate surface area is 280 Å². The Hall–Kier alpha value is -4.53. The van der Waals surface area contributed by atoms with Gasteiger partial charge in [-0.2, -0.15) is 18.4 Å². The summed E-state index contributed by atoms with van der Waals surface area (Å²) in [6.45, 7) is 3.13. The lowest BCUT2D eigenvalue weighted by atomic mass is 9.82. The summed E-state index contributed by atoms with van der Waals surface area (Å²) < 4.78 is 59.4. The minimum atomic E-state index is -4.53. The van der Waals surface area contributed by atoms with Gasteiger partial charge in [-0.05, 0) is 66.6 Å². The maximum Gasteiger partial charge on any atom is 0.422 e. The van der Waals surface area contributed by atoms with Gasteiger partial charge in [0.1, 0.15) is 29.9 Å². The monoisotopic (exact) mass is 689 g/mol. The van der Waals surface area contributed by atoms with Crippen molar-refractivity contribution in [3.05, 3.63) is 48.7 Å². The van der Waals surface area contributed by atoms with E-state index in [9.17, 15) is 18.4 Å². The number of morpholine rings is 1. The Balaban J connectivity index is 0.00000451. The van der Waals surface area contributed by atoms with Crippen molar-refractivity contribution in [2.45, 2.75) is 63.6 Å². The second-order valence-electron chi connectivity index (χ2n) is 11.6. The average molecular weight is 690 g/mol. The number of ether oxygens (including phenoxy) is 3. The van der Waals surface area contributed by atoms with E-state index in [1.54, 1.807) is 41.5 Å². The molecule has 1 saturated heterocycles. The van der Waals surface area contributed by atoms with Gasteiger partial charge >= 0.3 is 6.18 Å². The third kappa shape index (κ3) is 8.88. The Morgan fingerprint density at radius 1 is 1.17 bits per heavy atom. The summed E-state index contributed by atoms with van der Waals surface area (Å²) in [5.74, 6) is 0.778. The van der Waals surface area contributed by atoms with E-state index >= 15 is 0 Å². The third-order valence-corrected chi connectivity index (χ3v) is 8.17. The molecule has 0 spiro atoms. The summed E-state index contributed by atoms with van der Waals surface area (Å²) in [7, 11) is 0. The van der Waals surface area contributed by atoms with Crippen molar-refractivity contribution in [1.29, 1.82) is 5.26 Å². The lowest BCUT2D eigenvalue weighted by Crippen LogP contribution is -2.43.